The molecule has 0 fully saturated rings. The maximum Gasteiger partial charge on any atom is 0.340 e. The highest BCUT2D eigenvalue weighted by atomic mass is 16.5. The van der Waals surface area contributed by atoms with Crippen LogP contribution in [-0.2, 0) is 4.74 Å². The number of ether oxygens (including phenoxy) is 1. The molecule has 148 valence electrons. The topological polar surface area (TPSA) is 39.2 Å². The first kappa shape index (κ1) is 19.6. The van der Waals surface area contributed by atoms with Crippen molar-refractivity contribution in [3.63, 3.8) is 0 Å². The van der Waals surface area contributed by atoms with Crippen molar-refractivity contribution in [2.75, 3.05) is 6.61 Å². The number of aromatic nitrogens is 1. The van der Waals surface area contributed by atoms with Crippen molar-refractivity contribution in [1.29, 1.82) is 0 Å². The summed E-state index contributed by atoms with van der Waals surface area (Å²) in [5.74, 6) is -0.361. The van der Waals surface area contributed by atoms with Gasteiger partial charge in [0.25, 0.3) is 0 Å². The first-order valence-electron chi connectivity index (χ1n) is 10.1. The van der Waals surface area contributed by atoms with Crippen LogP contribution in [0.25, 0.3) is 33.6 Å². The smallest absolute Gasteiger partial charge is 0.340 e. The molecule has 0 radical (unpaired) electrons. The molecule has 3 nitrogen and oxygen atoms in total. The molecule has 0 atom stereocenters. The van der Waals surface area contributed by atoms with E-state index < -0.39 is 0 Å². The summed E-state index contributed by atoms with van der Waals surface area (Å²) in [4.78, 5) is 18.0. The van der Waals surface area contributed by atoms with Crippen LogP contribution in [0.1, 0.15) is 22.8 Å². The molecule has 0 N–H and O–H groups in total. The van der Waals surface area contributed by atoms with E-state index in [4.69, 9.17) is 9.72 Å². The van der Waals surface area contributed by atoms with Gasteiger partial charge >= 0.3 is 5.97 Å². The zero-order valence-corrected chi connectivity index (χ0v) is 17.1. The largest absolute Gasteiger partial charge is 0.462 e. The molecule has 0 unspecified atom stereocenters. The Kier molecular flexibility index (Phi) is 5.71. The Bertz CT molecular complexity index is 1170. The van der Waals surface area contributed by atoms with E-state index in [9.17, 15) is 4.79 Å². The maximum atomic E-state index is 13.1. The van der Waals surface area contributed by atoms with E-state index in [2.05, 4.69) is 6.07 Å². The third kappa shape index (κ3) is 4.01. The van der Waals surface area contributed by atoms with Gasteiger partial charge in [-0.1, -0.05) is 84.4 Å². The van der Waals surface area contributed by atoms with E-state index >= 15 is 0 Å². The van der Waals surface area contributed by atoms with E-state index in [-0.39, 0.29) is 5.97 Å². The van der Waals surface area contributed by atoms with Gasteiger partial charge in [-0.3, -0.25) is 0 Å². The summed E-state index contributed by atoms with van der Waals surface area (Å²) >= 11 is 0. The summed E-state index contributed by atoms with van der Waals surface area (Å²) in [7, 11) is 0. The molecule has 0 aliphatic heterocycles. The quantitative estimate of drug-likeness (QED) is 0.360. The molecule has 1 heterocycles. The third-order valence-electron chi connectivity index (χ3n) is 4.94. The van der Waals surface area contributed by atoms with Crippen LogP contribution in [0.15, 0.2) is 91.0 Å². The van der Waals surface area contributed by atoms with Gasteiger partial charge in [0.05, 0.1) is 23.6 Å². The van der Waals surface area contributed by atoms with Gasteiger partial charge in [-0.2, -0.15) is 0 Å². The number of hydrogen-bond donors (Lipinski definition) is 0. The standard InChI is InChI=1S/C27H23NO2/c1-3-30-27(29)25-23(20-12-6-4-7-13-20)18-24(21-14-8-5-9-15-21)28-26(25)22-16-10-11-19(2)17-22/h4-18H,3H2,1-2H3. The van der Waals surface area contributed by atoms with Gasteiger partial charge < -0.3 is 4.74 Å². The Morgan fingerprint density at radius 3 is 2.07 bits per heavy atom. The van der Waals surface area contributed by atoms with Crippen molar-refractivity contribution in [1.82, 2.24) is 4.98 Å². The summed E-state index contributed by atoms with van der Waals surface area (Å²) in [6, 6.07) is 30.0. The molecular weight excluding hydrogens is 370 g/mol. The highest BCUT2D eigenvalue weighted by Crippen LogP contribution is 2.35. The number of pyridine rings is 1. The summed E-state index contributed by atoms with van der Waals surface area (Å²) in [5, 5.41) is 0. The van der Waals surface area contributed by atoms with Gasteiger partial charge in [-0.25, -0.2) is 9.78 Å². The Hall–Kier alpha value is -3.72. The van der Waals surface area contributed by atoms with Crippen LogP contribution in [0.5, 0.6) is 0 Å². The lowest BCUT2D eigenvalue weighted by Crippen LogP contribution is -2.10. The van der Waals surface area contributed by atoms with Crippen LogP contribution < -0.4 is 0 Å². The minimum atomic E-state index is -0.361. The van der Waals surface area contributed by atoms with E-state index in [1.54, 1.807) is 0 Å². The molecule has 4 aromatic rings. The molecule has 0 bridgehead atoms. The lowest BCUT2D eigenvalue weighted by Gasteiger charge is -2.16. The Morgan fingerprint density at radius 1 is 0.800 bits per heavy atom. The second-order valence-corrected chi connectivity index (χ2v) is 7.10. The predicted octanol–water partition coefficient (Wildman–Crippen LogP) is 6.57. The number of carbonyl (C=O) groups excluding carboxylic acids is 1. The molecule has 30 heavy (non-hydrogen) atoms. The fourth-order valence-corrected chi connectivity index (χ4v) is 3.56. The lowest BCUT2D eigenvalue weighted by molar-refractivity contribution is 0.0528. The molecule has 3 heteroatoms. The van der Waals surface area contributed by atoms with Crippen LogP contribution in [0.2, 0.25) is 0 Å². The van der Waals surface area contributed by atoms with E-state index in [0.717, 1.165) is 33.5 Å². The number of hydrogen-bond acceptors (Lipinski definition) is 3. The number of rotatable bonds is 5. The summed E-state index contributed by atoms with van der Waals surface area (Å²) in [5.41, 5.74) is 6.72. The fraction of sp³-hybridized carbons (Fsp3) is 0.111. The maximum absolute atomic E-state index is 13.1. The van der Waals surface area contributed by atoms with Crippen LogP contribution in [0.4, 0.5) is 0 Å². The van der Waals surface area contributed by atoms with Crippen LogP contribution in [0.3, 0.4) is 0 Å². The Labute approximate surface area is 177 Å². The zero-order chi connectivity index (χ0) is 20.9. The number of esters is 1. The van der Waals surface area contributed by atoms with Gasteiger partial charge in [0.15, 0.2) is 0 Å². The fourth-order valence-electron chi connectivity index (χ4n) is 3.56. The summed E-state index contributed by atoms with van der Waals surface area (Å²) in [6.45, 7) is 4.16. The molecule has 1 aromatic heterocycles. The van der Waals surface area contributed by atoms with E-state index in [0.29, 0.717) is 17.9 Å². The average molecular weight is 393 g/mol. The minimum Gasteiger partial charge on any atom is -0.462 e. The van der Waals surface area contributed by atoms with Crippen LogP contribution in [-0.4, -0.2) is 17.6 Å². The van der Waals surface area contributed by atoms with Crippen molar-refractivity contribution in [2.45, 2.75) is 13.8 Å². The predicted molar refractivity (Wildman–Crippen MR) is 121 cm³/mol. The first-order chi connectivity index (χ1) is 14.7. The Balaban J connectivity index is 2.06. The van der Waals surface area contributed by atoms with Gasteiger partial charge in [0.2, 0.25) is 0 Å². The summed E-state index contributed by atoms with van der Waals surface area (Å²) < 4.78 is 5.45. The van der Waals surface area contributed by atoms with Crippen molar-refractivity contribution >= 4 is 5.97 Å². The molecule has 0 aliphatic rings. The Morgan fingerprint density at radius 2 is 1.43 bits per heavy atom. The molecular formula is C27H23NO2. The third-order valence-corrected chi connectivity index (χ3v) is 4.94. The van der Waals surface area contributed by atoms with E-state index in [1.807, 2.05) is 98.8 Å². The average Bonchev–Trinajstić information content (AvgIpc) is 2.79. The van der Waals surface area contributed by atoms with Gasteiger partial charge in [-0.15, -0.1) is 0 Å². The normalized spacial score (nSPS) is 10.6. The SMILES string of the molecule is CCOC(=O)c1c(-c2ccccc2)cc(-c2ccccc2)nc1-c1cccc(C)c1. The number of aryl methyl sites for hydroxylation is 1. The van der Waals surface area contributed by atoms with Crippen molar-refractivity contribution in [3.05, 3.63) is 102 Å². The second kappa shape index (κ2) is 8.75. The van der Waals surface area contributed by atoms with Crippen molar-refractivity contribution < 1.29 is 9.53 Å². The second-order valence-electron chi connectivity index (χ2n) is 7.10. The molecule has 0 spiro atoms. The van der Waals surface area contributed by atoms with Crippen molar-refractivity contribution in [2.24, 2.45) is 0 Å². The van der Waals surface area contributed by atoms with Gasteiger partial charge in [-0.05, 0) is 31.5 Å². The minimum absolute atomic E-state index is 0.306. The molecule has 3 aromatic carbocycles. The number of nitrogens with zero attached hydrogens (tertiary/aromatic N) is 1. The highest BCUT2D eigenvalue weighted by molar-refractivity contribution is 6.04. The highest BCUT2D eigenvalue weighted by Gasteiger charge is 2.23. The first-order valence-corrected chi connectivity index (χ1v) is 10.1. The van der Waals surface area contributed by atoms with Crippen molar-refractivity contribution in [3.8, 4) is 33.6 Å². The van der Waals surface area contributed by atoms with Crippen LogP contribution >= 0.6 is 0 Å². The van der Waals surface area contributed by atoms with E-state index in [1.165, 1.54) is 0 Å². The molecule has 4 rings (SSSR count). The van der Waals surface area contributed by atoms with Crippen LogP contribution in [0, 0.1) is 6.92 Å². The number of carbonyl (C=O) groups is 1. The monoisotopic (exact) mass is 393 g/mol. The van der Waals surface area contributed by atoms with Gasteiger partial charge in [0.1, 0.15) is 0 Å². The zero-order valence-electron chi connectivity index (χ0n) is 17.1. The lowest BCUT2D eigenvalue weighted by atomic mass is 9.93. The molecule has 0 saturated heterocycles. The van der Waals surface area contributed by atoms with Gasteiger partial charge in [0, 0.05) is 16.7 Å². The number of benzene rings is 3. The molecule has 0 saturated carbocycles. The molecule has 0 amide bonds. The summed E-state index contributed by atoms with van der Waals surface area (Å²) in [6.07, 6.45) is 0. The molecule has 0 aliphatic carbocycles.